The molecule has 0 saturated carbocycles. The number of nitrogens with zero attached hydrogens (tertiary/aromatic N) is 1. The second-order valence-corrected chi connectivity index (χ2v) is 7.76. The van der Waals surface area contributed by atoms with Gasteiger partial charge in [-0.05, 0) is 30.2 Å². The Bertz CT molecular complexity index is 734. The van der Waals surface area contributed by atoms with Crippen LogP contribution in [0.1, 0.15) is 30.5 Å². The molecule has 2 aromatic carbocycles. The lowest BCUT2D eigenvalue weighted by Gasteiger charge is -2.18. The van der Waals surface area contributed by atoms with Gasteiger partial charge in [0.25, 0.3) is 0 Å². The zero-order chi connectivity index (χ0) is 17.6. The van der Waals surface area contributed by atoms with Gasteiger partial charge in [-0.3, -0.25) is 0 Å². The van der Waals surface area contributed by atoms with E-state index in [1.165, 1.54) is 15.4 Å². The average molecular weight is 346 g/mol. The summed E-state index contributed by atoms with van der Waals surface area (Å²) < 4.78 is 26.4. The van der Waals surface area contributed by atoms with Gasteiger partial charge in [0.05, 0.1) is 4.90 Å². The van der Waals surface area contributed by atoms with E-state index in [4.69, 9.17) is 0 Å². The number of nitrogens with one attached hydrogen (secondary N) is 1. The summed E-state index contributed by atoms with van der Waals surface area (Å²) in [5, 5.41) is 3.38. The highest BCUT2D eigenvalue weighted by Crippen LogP contribution is 2.16. The first-order chi connectivity index (χ1) is 11.5. The molecule has 0 aliphatic heterocycles. The molecule has 0 atom stereocenters. The van der Waals surface area contributed by atoms with Crippen molar-refractivity contribution in [1.82, 2.24) is 9.62 Å². The van der Waals surface area contributed by atoms with E-state index in [1.54, 1.807) is 12.1 Å². The molecule has 24 heavy (non-hydrogen) atoms. The summed E-state index contributed by atoms with van der Waals surface area (Å²) in [6, 6.07) is 15.6. The first-order valence-corrected chi connectivity index (χ1v) is 9.76. The summed E-state index contributed by atoms with van der Waals surface area (Å²) in [6.07, 6.45) is 0. The van der Waals surface area contributed by atoms with Gasteiger partial charge in [0.15, 0.2) is 0 Å². The van der Waals surface area contributed by atoms with Gasteiger partial charge in [0.2, 0.25) is 10.0 Å². The third-order valence-corrected chi connectivity index (χ3v) is 6.11. The zero-order valence-electron chi connectivity index (χ0n) is 14.6. The fourth-order valence-electron chi connectivity index (χ4n) is 2.55. The maximum absolute atomic E-state index is 12.4. The lowest BCUT2D eigenvalue weighted by molar-refractivity contribution is 0.445. The normalized spacial score (nSPS) is 11.8. The number of rotatable bonds is 8. The third kappa shape index (κ3) is 4.66. The van der Waals surface area contributed by atoms with Crippen molar-refractivity contribution in [3.8, 4) is 0 Å². The highest BCUT2D eigenvalue weighted by atomic mass is 32.2. The van der Waals surface area contributed by atoms with Crippen LogP contribution in [-0.2, 0) is 23.1 Å². The maximum atomic E-state index is 12.4. The molecule has 0 spiro atoms. The lowest BCUT2D eigenvalue weighted by Crippen LogP contribution is -2.30. The molecule has 0 unspecified atom stereocenters. The van der Waals surface area contributed by atoms with E-state index in [1.807, 2.05) is 26.0 Å². The van der Waals surface area contributed by atoms with Crippen LogP contribution in [-0.4, -0.2) is 25.8 Å². The van der Waals surface area contributed by atoms with Gasteiger partial charge < -0.3 is 5.32 Å². The Balaban J connectivity index is 1.95. The van der Waals surface area contributed by atoms with Crippen molar-refractivity contribution in [2.24, 2.45) is 0 Å². The molecule has 130 valence electrons. The zero-order valence-corrected chi connectivity index (χ0v) is 15.4. The van der Waals surface area contributed by atoms with Crippen LogP contribution in [0.15, 0.2) is 53.4 Å². The van der Waals surface area contributed by atoms with Crippen LogP contribution in [0.3, 0.4) is 0 Å². The first kappa shape index (κ1) is 18.6. The Kier molecular flexibility index (Phi) is 6.54. The summed E-state index contributed by atoms with van der Waals surface area (Å²) in [7, 11) is -3.37. The molecule has 0 aliphatic carbocycles. The second-order valence-electron chi connectivity index (χ2n) is 5.82. The maximum Gasteiger partial charge on any atom is 0.243 e. The first-order valence-electron chi connectivity index (χ1n) is 8.32. The largest absolute Gasteiger partial charge is 0.309 e. The van der Waals surface area contributed by atoms with Gasteiger partial charge in [-0.1, -0.05) is 55.8 Å². The molecule has 0 bridgehead atoms. The van der Waals surface area contributed by atoms with Crippen LogP contribution in [0.25, 0.3) is 0 Å². The molecule has 0 aromatic heterocycles. The number of hydrogen-bond donors (Lipinski definition) is 1. The summed E-state index contributed by atoms with van der Waals surface area (Å²) >= 11 is 0. The van der Waals surface area contributed by atoms with Crippen LogP contribution in [0.2, 0.25) is 0 Å². The van der Waals surface area contributed by atoms with E-state index in [-0.39, 0.29) is 0 Å². The minimum absolute atomic E-state index is 0.355. The summed E-state index contributed by atoms with van der Waals surface area (Å²) in [5.74, 6) is 0. The van der Waals surface area contributed by atoms with Crippen molar-refractivity contribution < 1.29 is 8.42 Å². The molecule has 0 radical (unpaired) electrons. The highest BCUT2D eigenvalue weighted by Gasteiger charge is 2.20. The molecular formula is C19H26N2O2S. The van der Waals surface area contributed by atoms with Crippen molar-refractivity contribution >= 4 is 10.0 Å². The number of sulfonamides is 1. The second kappa shape index (κ2) is 8.42. The van der Waals surface area contributed by atoms with Crippen molar-refractivity contribution in [2.45, 2.75) is 38.8 Å². The van der Waals surface area contributed by atoms with Gasteiger partial charge in [-0.2, -0.15) is 4.31 Å². The Labute approximate surface area is 145 Å². The quantitative estimate of drug-likeness (QED) is 0.798. The van der Waals surface area contributed by atoms with Crippen LogP contribution < -0.4 is 5.32 Å². The van der Waals surface area contributed by atoms with Gasteiger partial charge in [0, 0.05) is 26.2 Å². The minimum Gasteiger partial charge on any atom is -0.309 e. The topological polar surface area (TPSA) is 49.4 Å². The van der Waals surface area contributed by atoms with Gasteiger partial charge in [-0.25, -0.2) is 8.42 Å². The fourth-order valence-corrected chi connectivity index (χ4v) is 4.01. The molecular weight excluding hydrogens is 320 g/mol. The van der Waals surface area contributed by atoms with Crippen LogP contribution in [0.5, 0.6) is 0 Å². The number of benzene rings is 2. The van der Waals surface area contributed by atoms with Crippen molar-refractivity contribution in [3.05, 3.63) is 65.2 Å². The third-order valence-electron chi connectivity index (χ3n) is 4.05. The molecule has 0 saturated heterocycles. The van der Waals surface area contributed by atoms with E-state index in [0.29, 0.717) is 24.5 Å². The molecule has 0 aliphatic rings. The van der Waals surface area contributed by atoms with Crippen molar-refractivity contribution in [2.75, 3.05) is 13.1 Å². The van der Waals surface area contributed by atoms with E-state index in [2.05, 4.69) is 36.5 Å². The smallest absolute Gasteiger partial charge is 0.243 e. The minimum atomic E-state index is -3.37. The standard InChI is InChI=1S/C19H26N2O2S/c1-4-21(5-2)24(22,23)19-12-10-18(11-13-19)15-20-14-17-8-6-16(3)7-9-17/h6-13,20H,4-5,14-15H2,1-3H3. The predicted octanol–water partition coefficient (Wildman–Crippen LogP) is 3.32. The monoisotopic (exact) mass is 346 g/mol. The van der Waals surface area contributed by atoms with Crippen molar-refractivity contribution in [1.29, 1.82) is 0 Å². The molecule has 0 amide bonds. The van der Waals surface area contributed by atoms with Crippen LogP contribution >= 0.6 is 0 Å². The number of aryl methyl sites for hydroxylation is 1. The van der Waals surface area contributed by atoms with E-state index >= 15 is 0 Å². The van der Waals surface area contributed by atoms with E-state index in [9.17, 15) is 8.42 Å². The molecule has 0 heterocycles. The SMILES string of the molecule is CCN(CC)S(=O)(=O)c1ccc(CNCc2ccc(C)cc2)cc1. The Morgan fingerprint density at radius 3 is 1.75 bits per heavy atom. The Morgan fingerprint density at radius 1 is 0.833 bits per heavy atom. The van der Waals surface area contributed by atoms with Gasteiger partial charge in [0.1, 0.15) is 0 Å². The van der Waals surface area contributed by atoms with Gasteiger partial charge >= 0.3 is 0 Å². The molecule has 5 heteroatoms. The lowest BCUT2D eigenvalue weighted by atomic mass is 10.1. The fraction of sp³-hybridized carbons (Fsp3) is 0.368. The van der Waals surface area contributed by atoms with Crippen LogP contribution in [0.4, 0.5) is 0 Å². The molecule has 0 fully saturated rings. The van der Waals surface area contributed by atoms with E-state index < -0.39 is 10.0 Å². The molecule has 2 rings (SSSR count). The Hall–Kier alpha value is -1.69. The number of hydrogen-bond acceptors (Lipinski definition) is 3. The average Bonchev–Trinajstić information content (AvgIpc) is 2.58. The summed E-state index contributed by atoms with van der Waals surface area (Å²) in [4.78, 5) is 0.355. The van der Waals surface area contributed by atoms with E-state index in [0.717, 1.165) is 12.1 Å². The highest BCUT2D eigenvalue weighted by molar-refractivity contribution is 7.89. The molecule has 2 aromatic rings. The Morgan fingerprint density at radius 2 is 1.29 bits per heavy atom. The molecule has 1 N–H and O–H groups in total. The molecule has 4 nitrogen and oxygen atoms in total. The summed E-state index contributed by atoms with van der Waals surface area (Å²) in [5.41, 5.74) is 3.56. The summed E-state index contributed by atoms with van der Waals surface area (Å²) in [6.45, 7) is 8.25. The predicted molar refractivity (Wildman–Crippen MR) is 98.3 cm³/mol. The van der Waals surface area contributed by atoms with Crippen LogP contribution in [0, 0.1) is 6.92 Å². The van der Waals surface area contributed by atoms with Crippen molar-refractivity contribution in [3.63, 3.8) is 0 Å². The van der Waals surface area contributed by atoms with Gasteiger partial charge in [-0.15, -0.1) is 0 Å².